The van der Waals surface area contributed by atoms with Gasteiger partial charge in [-0.15, -0.1) is 0 Å². The van der Waals surface area contributed by atoms with Gasteiger partial charge in [-0.25, -0.2) is 12.8 Å². The first-order valence-corrected chi connectivity index (χ1v) is 14.2. The molecule has 2 aliphatic rings. The fourth-order valence-electron chi connectivity index (χ4n) is 6.04. The Morgan fingerprint density at radius 3 is 2.46 bits per heavy atom. The molecule has 1 aromatic heterocycles. The molecule has 7 heteroatoms. The molecule has 1 saturated heterocycles. The molecule has 5 rings (SSSR count). The van der Waals surface area contributed by atoms with E-state index in [9.17, 15) is 17.6 Å². The number of piperidine rings is 1. The van der Waals surface area contributed by atoms with Gasteiger partial charge in [0, 0.05) is 43.2 Å². The first-order valence-electron chi connectivity index (χ1n) is 12.6. The average molecular weight is 497 g/mol. The number of carbonyl (C=O) groups is 1. The Labute approximate surface area is 206 Å². The van der Waals surface area contributed by atoms with Crippen LogP contribution >= 0.6 is 0 Å². The minimum atomic E-state index is -3.58. The van der Waals surface area contributed by atoms with Crippen LogP contribution < -0.4 is 0 Å². The molecule has 2 fully saturated rings. The molecule has 3 aromatic rings. The molecular formula is C28H33FN2O3S. The van der Waals surface area contributed by atoms with Crippen LogP contribution in [0.25, 0.3) is 10.9 Å². The van der Waals surface area contributed by atoms with E-state index in [0.29, 0.717) is 17.7 Å². The third-order valence-electron chi connectivity index (χ3n) is 7.93. The van der Waals surface area contributed by atoms with E-state index in [-0.39, 0.29) is 16.6 Å². The Bertz CT molecular complexity index is 1340. The van der Waals surface area contributed by atoms with Gasteiger partial charge in [-0.1, -0.05) is 25.8 Å². The highest BCUT2D eigenvalue weighted by atomic mass is 32.2. The first-order chi connectivity index (χ1) is 16.7. The van der Waals surface area contributed by atoms with Gasteiger partial charge in [-0.05, 0) is 78.6 Å². The van der Waals surface area contributed by atoms with Crippen molar-refractivity contribution in [2.75, 3.05) is 13.1 Å². The summed E-state index contributed by atoms with van der Waals surface area (Å²) in [7, 11) is -1.57. The van der Waals surface area contributed by atoms with Gasteiger partial charge >= 0.3 is 0 Å². The molecule has 0 bridgehead atoms. The fourth-order valence-corrected chi connectivity index (χ4v) is 7.37. The number of aromatic nitrogens is 1. The maximum atomic E-state index is 13.3. The Hall–Kier alpha value is -2.67. The summed E-state index contributed by atoms with van der Waals surface area (Å²) in [5, 5.41) is 1.08. The number of nitrogens with zero attached hydrogens (tertiary/aromatic N) is 2. The van der Waals surface area contributed by atoms with Crippen LogP contribution in [0, 0.1) is 17.7 Å². The number of rotatable bonds is 5. The van der Waals surface area contributed by atoms with Crippen LogP contribution in [0.2, 0.25) is 0 Å². The van der Waals surface area contributed by atoms with E-state index in [1.165, 1.54) is 29.8 Å². The Morgan fingerprint density at radius 2 is 1.77 bits per heavy atom. The van der Waals surface area contributed by atoms with Crippen molar-refractivity contribution in [3.63, 3.8) is 0 Å². The molecule has 0 unspecified atom stereocenters. The van der Waals surface area contributed by atoms with Crippen molar-refractivity contribution in [2.45, 2.75) is 55.6 Å². The van der Waals surface area contributed by atoms with Crippen LogP contribution in [-0.4, -0.2) is 36.9 Å². The molecule has 5 nitrogen and oxygen atoms in total. The van der Waals surface area contributed by atoms with E-state index >= 15 is 0 Å². The molecule has 1 aliphatic heterocycles. The molecule has 0 N–H and O–H groups in total. The van der Waals surface area contributed by atoms with E-state index < -0.39 is 15.7 Å². The molecule has 2 aromatic carbocycles. The predicted octanol–water partition coefficient (Wildman–Crippen LogP) is 5.43. The topological polar surface area (TPSA) is 59.4 Å². The molecule has 0 spiro atoms. The van der Waals surface area contributed by atoms with Gasteiger partial charge in [0.15, 0.2) is 9.84 Å². The molecule has 1 amide bonds. The SMILES string of the molecule is C[C@H]1CN(C(=O)C2CCCC2)CC[C@H]1c1cn(C)c2ccc(CS(=O)(=O)c3ccc(F)cc3)cc12. The van der Waals surface area contributed by atoms with Crippen LogP contribution in [0.1, 0.15) is 56.1 Å². The van der Waals surface area contributed by atoms with Gasteiger partial charge in [0.25, 0.3) is 0 Å². The smallest absolute Gasteiger partial charge is 0.225 e. The third-order valence-corrected chi connectivity index (χ3v) is 9.64. The lowest BCUT2D eigenvalue weighted by atomic mass is 9.81. The van der Waals surface area contributed by atoms with Crippen LogP contribution in [0.4, 0.5) is 4.39 Å². The number of amides is 1. The molecule has 2 heterocycles. The van der Waals surface area contributed by atoms with Gasteiger partial charge in [0.05, 0.1) is 10.6 Å². The Balaban J connectivity index is 1.38. The van der Waals surface area contributed by atoms with Crippen molar-refractivity contribution in [3.8, 4) is 0 Å². The van der Waals surface area contributed by atoms with Crippen molar-refractivity contribution in [1.82, 2.24) is 9.47 Å². The number of benzene rings is 2. The van der Waals surface area contributed by atoms with Gasteiger partial charge in [-0.2, -0.15) is 0 Å². The van der Waals surface area contributed by atoms with Gasteiger partial charge < -0.3 is 9.47 Å². The number of hydrogen-bond donors (Lipinski definition) is 0. The Kier molecular flexibility index (Phi) is 6.47. The lowest BCUT2D eigenvalue weighted by molar-refractivity contribution is -0.137. The normalized spacial score (nSPS) is 21.6. The minimum absolute atomic E-state index is 0.125. The average Bonchev–Trinajstić information content (AvgIpc) is 3.47. The van der Waals surface area contributed by atoms with E-state index in [4.69, 9.17) is 0 Å². The van der Waals surface area contributed by atoms with Gasteiger partial charge in [-0.3, -0.25) is 4.79 Å². The lowest BCUT2D eigenvalue weighted by Crippen LogP contribution is -2.44. The zero-order chi connectivity index (χ0) is 24.7. The highest BCUT2D eigenvalue weighted by molar-refractivity contribution is 7.90. The lowest BCUT2D eigenvalue weighted by Gasteiger charge is -2.38. The minimum Gasteiger partial charge on any atom is -0.350 e. The fraction of sp³-hybridized carbons (Fsp3) is 0.464. The summed E-state index contributed by atoms with van der Waals surface area (Å²) in [6.45, 7) is 3.77. The summed E-state index contributed by atoms with van der Waals surface area (Å²) >= 11 is 0. The first kappa shape index (κ1) is 24.0. The van der Waals surface area contributed by atoms with E-state index in [2.05, 4.69) is 22.6 Å². The predicted molar refractivity (Wildman–Crippen MR) is 135 cm³/mol. The van der Waals surface area contributed by atoms with E-state index in [0.717, 1.165) is 61.7 Å². The largest absolute Gasteiger partial charge is 0.350 e. The third kappa shape index (κ3) is 4.75. The summed E-state index contributed by atoms with van der Waals surface area (Å²) in [5.74, 6) is 0.596. The summed E-state index contributed by atoms with van der Waals surface area (Å²) in [4.78, 5) is 15.2. The maximum absolute atomic E-state index is 13.3. The Morgan fingerprint density at radius 1 is 1.06 bits per heavy atom. The van der Waals surface area contributed by atoms with Crippen molar-refractivity contribution in [3.05, 3.63) is 65.6 Å². The van der Waals surface area contributed by atoms with Crippen molar-refractivity contribution in [2.24, 2.45) is 18.9 Å². The second kappa shape index (κ2) is 9.41. The molecule has 1 aliphatic carbocycles. The number of carbonyl (C=O) groups excluding carboxylic acids is 1. The molecule has 2 atom stereocenters. The number of hydrogen-bond acceptors (Lipinski definition) is 3. The van der Waals surface area contributed by atoms with Crippen LogP contribution in [0.3, 0.4) is 0 Å². The van der Waals surface area contributed by atoms with Gasteiger partial charge in [0.1, 0.15) is 5.82 Å². The maximum Gasteiger partial charge on any atom is 0.225 e. The van der Waals surface area contributed by atoms with Crippen molar-refractivity contribution < 1.29 is 17.6 Å². The second-order valence-electron chi connectivity index (χ2n) is 10.4. The highest BCUT2D eigenvalue weighted by Gasteiger charge is 2.34. The zero-order valence-electron chi connectivity index (χ0n) is 20.4. The quantitative estimate of drug-likeness (QED) is 0.443. The number of sulfone groups is 1. The monoisotopic (exact) mass is 496 g/mol. The summed E-state index contributed by atoms with van der Waals surface area (Å²) in [6, 6.07) is 10.8. The second-order valence-corrected chi connectivity index (χ2v) is 12.4. The number of likely N-dealkylation sites (tertiary alicyclic amines) is 1. The number of aryl methyl sites for hydroxylation is 1. The number of halogens is 1. The molecular weight excluding hydrogens is 463 g/mol. The molecule has 186 valence electrons. The van der Waals surface area contributed by atoms with Crippen LogP contribution in [0.15, 0.2) is 53.6 Å². The van der Waals surface area contributed by atoms with E-state index in [1.54, 1.807) is 0 Å². The van der Waals surface area contributed by atoms with Gasteiger partial charge in [0.2, 0.25) is 5.91 Å². The van der Waals surface area contributed by atoms with E-state index in [1.807, 2.05) is 25.2 Å². The van der Waals surface area contributed by atoms with Crippen LogP contribution in [-0.2, 0) is 27.4 Å². The summed E-state index contributed by atoms with van der Waals surface area (Å²) in [5.41, 5.74) is 3.01. The molecule has 1 saturated carbocycles. The zero-order valence-corrected chi connectivity index (χ0v) is 21.2. The standard InChI is InChI=1S/C28H33FN2O3S/c1-19-16-31(28(32)21-5-3-4-6-21)14-13-24(19)26-17-30(2)27-12-7-20(15-25(26)27)18-35(33,34)23-10-8-22(29)9-11-23/h7-12,15,17,19,21,24H,3-6,13-14,16,18H2,1-2H3/t19-,24+/m0/s1. The van der Waals surface area contributed by atoms with Crippen molar-refractivity contribution in [1.29, 1.82) is 0 Å². The number of fused-ring (bicyclic) bond motifs is 1. The summed E-state index contributed by atoms with van der Waals surface area (Å²) < 4.78 is 41.2. The summed E-state index contributed by atoms with van der Waals surface area (Å²) in [6.07, 6.45) is 7.46. The van der Waals surface area contributed by atoms with Crippen LogP contribution in [0.5, 0.6) is 0 Å². The highest BCUT2D eigenvalue weighted by Crippen LogP contribution is 2.39. The molecule has 35 heavy (non-hydrogen) atoms. The van der Waals surface area contributed by atoms with Crippen molar-refractivity contribution >= 4 is 26.6 Å². The molecule has 0 radical (unpaired) electrons.